The van der Waals surface area contributed by atoms with E-state index in [4.69, 9.17) is 4.74 Å². The highest BCUT2D eigenvalue weighted by atomic mass is 79.9. The van der Waals surface area contributed by atoms with Gasteiger partial charge in [0.2, 0.25) is 0 Å². The molecule has 0 aliphatic carbocycles. The highest BCUT2D eigenvalue weighted by Gasteiger charge is 2.12. The predicted octanol–water partition coefficient (Wildman–Crippen LogP) is 6.10. The number of nitro benzene ring substituents is 1. The Hall–Kier alpha value is -3.96. The number of hydrogen-bond acceptors (Lipinski definition) is 5. The second-order valence-corrected chi connectivity index (χ2v) is 8.13. The van der Waals surface area contributed by atoms with Gasteiger partial charge >= 0.3 is 0 Å². The number of nitrogens with zero attached hydrogens (tertiary/aromatic N) is 2. The van der Waals surface area contributed by atoms with Crippen LogP contribution in [-0.2, 0) is 11.4 Å². The van der Waals surface area contributed by atoms with Crippen LogP contribution < -0.4 is 10.1 Å². The number of non-ortho nitro benzene ring substituents is 1. The summed E-state index contributed by atoms with van der Waals surface area (Å²) in [5.74, 6) is 0.0327. The Morgan fingerprint density at radius 2 is 1.94 bits per heavy atom. The minimum absolute atomic E-state index is 0.00110. The fraction of sp³-hybridized carbons (Fsp3) is 0.120. The summed E-state index contributed by atoms with van der Waals surface area (Å²) in [6.45, 7) is 4.01. The van der Waals surface area contributed by atoms with Gasteiger partial charge in [-0.15, -0.1) is 0 Å². The predicted molar refractivity (Wildman–Crippen MR) is 130 cm³/mol. The lowest BCUT2D eigenvalue weighted by Crippen LogP contribution is -2.14. The van der Waals surface area contributed by atoms with Gasteiger partial charge in [0.25, 0.3) is 11.6 Å². The average Bonchev–Trinajstić information content (AvgIpc) is 2.80. The van der Waals surface area contributed by atoms with Crippen LogP contribution in [-0.4, -0.2) is 10.8 Å². The van der Waals surface area contributed by atoms with Gasteiger partial charge in [0.05, 0.1) is 9.40 Å². The quantitative estimate of drug-likeness (QED) is 0.181. The SMILES string of the molecule is Cc1cccc(NC(=O)/C(C#N)=C/c2ccc(OCc3cccc([N+](=O)[O-])c3)c(Br)c2)c1C. The molecule has 0 bridgehead atoms. The zero-order valence-electron chi connectivity index (χ0n) is 18.0. The number of amides is 1. The molecule has 0 spiro atoms. The van der Waals surface area contributed by atoms with Gasteiger partial charge in [-0.1, -0.05) is 30.3 Å². The van der Waals surface area contributed by atoms with E-state index in [1.54, 1.807) is 36.4 Å². The van der Waals surface area contributed by atoms with Crippen molar-refractivity contribution in [2.24, 2.45) is 0 Å². The highest BCUT2D eigenvalue weighted by Crippen LogP contribution is 2.28. The van der Waals surface area contributed by atoms with E-state index in [-0.39, 0.29) is 17.9 Å². The molecule has 0 saturated carbocycles. The van der Waals surface area contributed by atoms with Crippen molar-refractivity contribution >= 4 is 39.3 Å². The number of hydrogen-bond donors (Lipinski definition) is 1. The van der Waals surface area contributed by atoms with Gasteiger partial charge in [0, 0.05) is 17.8 Å². The van der Waals surface area contributed by atoms with E-state index >= 15 is 0 Å². The molecule has 0 aromatic heterocycles. The monoisotopic (exact) mass is 505 g/mol. The lowest BCUT2D eigenvalue weighted by atomic mass is 10.1. The van der Waals surface area contributed by atoms with Crippen LogP contribution >= 0.6 is 15.9 Å². The summed E-state index contributed by atoms with van der Waals surface area (Å²) in [5, 5.41) is 23.2. The standard InChI is InChI=1S/C25H20BrN3O4/c1-16-5-3-8-23(17(16)2)28-25(30)20(14-27)11-18-9-10-24(22(26)13-18)33-15-19-6-4-7-21(12-19)29(31)32/h3-13H,15H2,1-2H3,(H,28,30)/b20-11+. The summed E-state index contributed by atoms with van der Waals surface area (Å²) in [6, 6.07) is 18.9. The molecular weight excluding hydrogens is 486 g/mol. The second kappa shape index (κ2) is 10.6. The second-order valence-electron chi connectivity index (χ2n) is 7.28. The van der Waals surface area contributed by atoms with Crippen LogP contribution in [0.25, 0.3) is 6.08 Å². The summed E-state index contributed by atoms with van der Waals surface area (Å²) in [7, 11) is 0. The summed E-state index contributed by atoms with van der Waals surface area (Å²) in [6.07, 6.45) is 1.50. The molecule has 3 aromatic rings. The molecule has 3 aromatic carbocycles. The molecule has 1 N–H and O–H groups in total. The summed E-state index contributed by atoms with van der Waals surface area (Å²) < 4.78 is 6.38. The van der Waals surface area contributed by atoms with Crippen LogP contribution in [0.1, 0.15) is 22.3 Å². The number of nitrogens with one attached hydrogen (secondary N) is 1. The van der Waals surface area contributed by atoms with Crippen molar-refractivity contribution in [3.05, 3.63) is 103 Å². The summed E-state index contributed by atoms with van der Waals surface area (Å²) in [4.78, 5) is 23.1. The van der Waals surface area contributed by atoms with Crippen molar-refractivity contribution in [2.75, 3.05) is 5.32 Å². The molecule has 0 unspecified atom stereocenters. The van der Waals surface area contributed by atoms with Gasteiger partial charge in [-0.2, -0.15) is 5.26 Å². The summed E-state index contributed by atoms with van der Waals surface area (Å²) >= 11 is 3.43. The third kappa shape index (κ3) is 6.05. The molecule has 0 saturated heterocycles. The van der Waals surface area contributed by atoms with Gasteiger partial charge in [0.1, 0.15) is 24.0 Å². The van der Waals surface area contributed by atoms with E-state index < -0.39 is 10.8 Å². The van der Waals surface area contributed by atoms with Gasteiger partial charge in [-0.05, 0) is 76.3 Å². The molecule has 3 rings (SSSR count). The number of nitriles is 1. The normalized spacial score (nSPS) is 10.9. The van der Waals surface area contributed by atoms with Crippen molar-refractivity contribution in [1.82, 2.24) is 0 Å². The Morgan fingerprint density at radius 3 is 2.64 bits per heavy atom. The minimum atomic E-state index is -0.492. The number of aryl methyl sites for hydroxylation is 1. The zero-order chi connectivity index (χ0) is 24.0. The first-order valence-electron chi connectivity index (χ1n) is 9.93. The van der Waals surface area contributed by atoms with E-state index in [0.29, 0.717) is 27.0 Å². The van der Waals surface area contributed by atoms with Crippen molar-refractivity contribution < 1.29 is 14.5 Å². The van der Waals surface area contributed by atoms with Crippen molar-refractivity contribution in [1.29, 1.82) is 5.26 Å². The molecule has 0 atom stereocenters. The van der Waals surface area contributed by atoms with E-state index in [1.807, 2.05) is 32.0 Å². The molecule has 0 aliphatic rings. The zero-order valence-corrected chi connectivity index (χ0v) is 19.5. The Morgan fingerprint density at radius 1 is 1.18 bits per heavy atom. The van der Waals surface area contributed by atoms with E-state index in [9.17, 15) is 20.2 Å². The third-order valence-electron chi connectivity index (χ3n) is 5.00. The number of rotatable bonds is 7. The highest BCUT2D eigenvalue weighted by molar-refractivity contribution is 9.10. The van der Waals surface area contributed by atoms with E-state index in [1.165, 1.54) is 18.2 Å². The van der Waals surface area contributed by atoms with Gasteiger partial charge < -0.3 is 10.1 Å². The number of halogens is 1. The van der Waals surface area contributed by atoms with Gasteiger partial charge in [-0.25, -0.2) is 0 Å². The Labute approximate surface area is 199 Å². The first-order chi connectivity index (χ1) is 15.8. The molecule has 1 amide bonds. The number of nitro groups is 1. The van der Waals surface area contributed by atoms with Crippen molar-refractivity contribution in [3.63, 3.8) is 0 Å². The Bertz CT molecular complexity index is 1300. The molecule has 0 heterocycles. The first-order valence-corrected chi connectivity index (χ1v) is 10.7. The average molecular weight is 506 g/mol. The molecule has 0 aliphatic heterocycles. The van der Waals surface area contributed by atoms with Crippen LogP contribution in [0.2, 0.25) is 0 Å². The number of carbonyl (C=O) groups excluding carboxylic acids is 1. The van der Waals surface area contributed by atoms with E-state index in [0.717, 1.165) is 11.1 Å². The fourth-order valence-electron chi connectivity index (χ4n) is 3.04. The van der Waals surface area contributed by atoms with Crippen molar-refractivity contribution in [3.8, 4) is 11.8 Å². The topological polar surface area (TPSA) is 105 Å². The Balaban J connectivity index is 1.73. The van der Waals surface area contributed by atoms with Crippen LogP contribution in [0, 0.1) is 35.3 Å². The maximum absolute atomic E-state index is 12.6. The van der Waals surface area contributed by atoms with Crippen molar-refractivity contribution in [2.45, 2.75) is 20.5 Å². The van der Waals surface area contributed by atoms with Crippen LogP contribution in [0.15, 0.2) is 70.7 Å². The third-order valence-corrected chi connectivity index (χ3v) is 5.62. The lowest BCUT2D eigenvalue weighted by Gasteiger charge is -2.10. The first kappa shape index (κ1) is 23.7. The van der Waals surface area contributed by atoms with E-state index in [2.05, 4.69) is 21.2 Å². The summed E-state index contributed by atoms with van der Waals surface area (Å²) in [5.41, 5.74) is 3.90. The Kier molecular flexibility index (Phi) is 7.59. The smallest absolute Gasteiger partial charge is 0.269 e. The number of ether oxygens (including phenoxy) is 1. The molecule has 166 valence electrons. The van der Waals surface area contributed by atoms with Crippen LogP contribution in [0.4, 0.5) is 11.4 Å². The lowest BCUT2D eigenvalue weighted by molar-refractivity contribution is -0.384. The maximum atomic E-state index is 12.6. The van der Waals surface area contributed by atoms with Crippen LogP contribution in [0.5, 0.6) is 5.75 Å². The number of carbonyl (C=O) groups is 1. The molecule has 0 radical (unpaired) electrons. The number of anilines is 1. The van der Waals surface area contributed by atoms with Crippen LogP contribution in [0.3, 0.4) is 0 Å². The van der Waals surface area contributed by atoms with Gasteiger partial charge in [0.15, 0.2) is 0 Å². The molecule has 8 heteroatoms. The molecular formula is C25H20BrN3O4. The van der Waals surface area contributed by atoms with Gasteiger partial charge in [-0.3, -0.25) is 14.9 Å². The fourth-order valence-corrected chi connectivity index (χ4v) is 3.55. The minimum Gasteiger partial charge on any atom is -0.488 e. The largest absolute Gasteiger partial charge is 0.488 e. The molecule has 0 fully saturated rings. The molecule has 33 heavy (non-hydrogen) atoms. The maximum Gasteiger partial charge on any atom is 0.269 e. The molecule has 7 nitrogen and oxygen atoms in total. The number of benzene rings is 3.